The number of carboxylic acids is 1. The van der Waals surface area contributed by atoms with Gasteiger partial charge in [0.25, 0.3) is 0 Å². The molecule has 1 atom stereocenters. The Kier molecular flexibility index (Phi) is 8.79. The van der Waals surface area contributed by atoms with Gasteiger partial charge in [-0.25, -0.2) is 0 Å². The smallest absolute Gasteiger partial charge is 0.306 e. The number of hydrogen-bond acceptors (Lipinski definition) is 1. The van der Waals surface area contributed by atoms with E-state index in [1.807, 2.05) is 0 Å². The van der Waals surface area contributed by atoms with Gasteiger partial charge < -0.3 is 5.11 Å². The zero-order valence-electron chi connectivity index (χ0n) is 21.4. The average molecular weight is 469 g/mol. The minimum Gasteiger partial charge on any atom is -0.481 e. The molecule has 184 valence electrons. The molecule has 2 nitrogen and oxygen atoms in total. The highest BCUT2D eigenvalue weighted by atomic mass is 16.4. The lowest BCUT2D eigenvalue weighted by Gasteiger charge is -2.28. The summed E-state index contributed by atoms with van der Waals surface area (Å²) in [6.45, 7) is 4.09. The normalized spacial score (nSPS) is 18.8. The zero-order chi connectivity index (χ0) is 24.6. The molecule has 1 fully saturated rings. The molecule has 4 rings (SSSR count). The number of aliphatic carboxylic acids is 1. The van der Waals surface area contributed by atoms with Crippen LogP contribution >= 0.6 is 0 Å². The monoisotopic (exact) mass is 468 g/mol. The van der Waals surface area contributed by atoms with Crippen molar-refractivity contribution in [2.45, 2.75) is 77.6 Å². The summed E-state index contributed by atoms with van der Waals surface area (Å²) in [6, 6.07) is 26.8. The summed E-state index contributed by atoms with van der Waals surface area (Å²) in [4.78, 5) is 11.0. The van der Waals surface area contributed by atoms with Gasteiger partial charge in [0.2, 0.25) is 0 Å². The van der Waals surface area contributed by atoms with Crippen LogP contribution < -0.4 is 0 Å². The minimum absolute atomic E-state index is 0.274. The van der Waals surface area contributed by atoms with Crippen LogP contribution in [-0.4, -0.2) is 11.1 Å². The van der Waals surface area contributed by atoms with Crippen molar-refractivity contribution < 1.29 is 9.90 Å². The van der Waals surface area contributed by atoms with E-state index in [9.17, 15) is 4.79 Å². The maximum Gasteiger partial charge on any atom is 0.306 e. The standard InChI is InChI=1S/C33H40O2/c1-3-7-25-12-16-27(17-13-25)28-20-22-30(23-21-28)32-11-5-4-10-31(32)29-18-14-26(15-19-29)9-6-8-24(2)33(34)35/h4-5,10-11,14-15,18-25,27H,3,6-9,12-13,16-17H2,1-2H3,(H,34,35)/t24?,25-,27-. The first kappa shape index (κ1) is 25.2. The largest absolute Gasteiger partial charge is 0.481 e. The lowest BCUT2D eigenvalue weighted by Crippen LogP contribution is -2.13. The fourth-order valence-corrected chi connectivity index (χ4v) is 5.70. The highest BCUT2D eigenvalue weighted by molar-refractivity contribution is 5.83. The van der Waals surface area contributed by atoms with Gasteiger partial charge in [0.15, 0.2) is 0 Å². The lowest BCUT2D eigenvalue weighted by atomic mass is 9.77. The highest BCUT2D eigenvalue weighted by Gasteiger charge is 2.22. The predicted octanol–water partition coefficient (Wildman–Crippen LogP) is 9.14. The Labute approximate surface area is 211 Å². The fraction of sp³-hybridized carbons (Fsp3) is 0.424. The second kappa shape index (κ2) is 12.2. The molecule has 35 heavy (non-hydrogen) atoms. The molecule has 0 aliphatic heterocycles. The molecule has 1 aliphatic carbocycles. The van der Waals surface area contributed by atoms with Crippen LogP contribution in [0.25, 0.3) is 22.3 Å². The highest BCUT2D eigenvalue weighted by Crippen LogP contribution is 2.39. The van der Waals surface area contributed by atoms with Gasteiger partial charge in [-0.1, -0.05) is 99.5 Å². The first-order valence-corrected chi connectivity index (χ1v) is 13.6. The van der Waals surface area contributed by atoms with Crippen LogP contribution in [0.4, 0.5) is 0 Å². The minimum atomic E-state index is -0.704. The molecular formula is C33H40O2. The number of aryl methyl sites for hydroxylation is 1. The van der Waals surface area contributed by atoms with E-state index in [-0.39, 0.29) is 5.92 Å². The van der Waals surface area contributed by atoms with Crippen LogP contribution in [0.5, 0.6) is 0 Å². The summed E-state index contributed by atoms with van der Waals surface area (Å²) in [6.07, 6.45) is 10.7. The van der Waals surface area contributed by atoms with Crippen molar-refractivity contribution in [3.8, 4) is 22.3 Å². The van der Waals surface area contributed by atoms with Crippen molar-refractivity contribution >= 4 is 5.97 Å². The number of benzene rings is 3. The quantitative estimate of drug-likeness (QED) is 0.322. The van der Waals surface area contributed by atoms with Crippen LogP contribution in [0.1, 0.15) is 82.3 Å². The Bertz CT molecular complexity index is 1070. The molecule has 0 saturated heterocycles. The van der Waals surface area contributed by atoms with Crippen molar-refractivity contribution in [2.75, 3.05) is 0 Å². The van der Waals surface area contributed by atoms with Crippen LogP contribution in [0.2, 0.25) is 0 Å². The summed E-state index contributed by atoms with van der Waals surface area (Å²) < 4.78 is 0. The van der Waals surface area contributed by atoms with E-state index < -0.39 is 5.97 Å². The molecule has 0 spiro atoms. The molecule has 0 bridgehead atoms. The van der Waals surface area contributed by atoms with Crippen molar-refractivity contribution in [1.29, 1.82) is 0 Å². The molecule has 0 amide bonds. The Balaban J connectivity index is 1.43. The molecule has 1 saturated carbocycles. The summed E-state index contributed by atoms with van der Waals surface area (Å²) in [7, 11) is 0. The van der Waals surface area contributed by atoms with Crippen molar-refractivity contribution in [3.05, 3.63) is 83.9 Å². The Morgan fingerprint density at radius 3 is 1.97 bits per heavy atom. The van der Waals surface area contributed by atoms with Gasteiger partial charge in [0.1, 0.15) is 0 Å². The third-order valence-corrected chi connectivity index (χ3v) is 7.95. The molecule has 3 aromatic carbocycles. The molecule has 1 N–H and O–H groups in total. The van der Waals surface area contributed by atoms with Gasteiger partial charge in [-0.15, -0.1) is 0 Å². The molecule has 2 heteroatoms. The molecule has 0 radical (unpaired) electrons. The first-order valence-electron chi connectivity index (χ1n) is 13.6. The summed E-state index contributed by atoms with van der Waals surface area (Å²) in [5.41, 5.74) is 7.79. The van der Waals surface area contributed by atoms with Gasteiger partial charge in [0.05, 0.1) is 5.92 Å². The zero-order valence-corrected chi connectivity index (χ0v) is 21.4. The SMILES string of the molecule is CCC[C@H]1CC[C@H](c2ccc(-c3ccccc3-c3ccc(CCCC(C)C(=O)O)cc3)cc2)CC1. The van der Waals surface area contributed by atoms with E-state index in [1.54, 1.807) is 6.92 Å². The molecule has 3 aromatic rings. The Morgan fingerprint density at radius 2 is 1.43 bits per heavy atom. The van der Waals surface area contributed by atoms with E-state index in [0.29, 0.717) is 0 Å². The Morgan fingerprint density at radius 1 is 0.857 bits per heavy atom. The van der Waals surface area contributed by atoms with Crippen molar-refractivity contribution in [2.24, 2.45) is 11.8 Å². The van der Waals surface area contributed by atoms with Gasteiger partial charge in [-0.05, 0) is 90.2 Å². The number of carbonyl (C=O) groups is 1. The molecule has 0 heterocycles. The summed E-state index contributed by atoms with van der Waals surface area (Å²) in [5.74, 6) is 0.688. The second-order valence-electron chi connectivity index (χ2n) is 10.5. The van der Waals surface area contributed by atoms with E-state index >= 15 is 0 Å². The number of rotatable bonds is 10. The first-order chi connectivity index (χ1) is 17.0. The summed E-state index contributed by atoms with van der Waals surface area (Å²) >= 11 is 0. The molecule has 1 unspecified atom stereocenters. The summed E-state index contributed by atoms with van der Waals surface area (Å²) in [5, 5.41) is 9.07. The van der Waals surface area contributed by atoms with E-state index in [2.05, 4.69) is 79.7 Å². The number of hydrogen-bond donors (Lipinski definition) is 1. The molecular weight excluding hydrogens is 428 g/mol. The van der Waals surface area contributed by atoms with Crippen LogP contribution in [0.3, 0.4) is 0 Å². The maximum absolute atomic E-state index is 11.0. The fourth-order valence-electron chi connectivity index (χ4n) is 5.70. The van der Waals surface area contributed by atoms with Gasteiger partial charge in [-0.3, -0.25) is 4.79 Å². The van der Waals surface area contributed by atoms with Crippen LogP contribution in [0.15, 0.2) is 72.8 Å². The van der Waals surface area contributed by atoms with Crippen LogP contribution in [0, 0.1) is 11.8 Å². The number of carboxylic acid groups (broad SMARTS) is 1. The van der Waals surface area contributed by atoms with E-state index in [4.69, 9.17) is 5.11 Å². The second-order valence-corrected chi connectivity index (χ2v) is 10.5. The van der Waals surface area contributed by atoms with Crippen molar-refractivity contribution in [1.82, 2.24) is 0 Å². The van der Waals surface area contributed by atoms with Crippen molar-refractivity contribution in [3.63, 3.8) is 0 Å². The Hall–Kier alpha value is -2.87. The van der Waals surface area contributed by atoms with E-state index in [0.717, 1.165) is 31.1 Å². The molecule has 0 aromatic heterocycles. The van der Waals surface area contributed by atoms with Crippen LogP contribution in [-0.2, 0) is 11.2 Å². The third-order valence-electron chi connectivity index (χ3n) is 7.95. The van der Waals surface area contributed by atoms with E-state index in [1.165, 1.54) is 71.9 Å². The average Bonchev–Trinajstić information content (AvgIpc) is 2.90. The van der Waals surface area contributed by atoms with Gasteiger partial charge in [-0.2, -0.15) is 0 Å². The predicted molar refractivity (Wildman–Crippen MR) is 147 cm³/mol. The lowest BCUT2D eigenvalue weighted by molar-refractivity contribution is -0.141. The van der Waals surface area contributed by atoms with Gasteiger partial charge >= 0.3 is 5.97 Å². The maximum atomic E-state index is 11.0. The molecule has 1 aliphatic rings. The van der Waals surface area contributed by atoms with Gasteiger partial charge in [0, 0.05) is 0 Å². The topological polar surface area (TPSA) is 37.3 Å². The third kappa shape index (κ3) is 6.63.